The smallest absolute Gasteiger partial charge is 0.141 e. The van der Waals surface area contributed by atoms with E-state index in [1.807, 2.05) is 6.07 Å². The minimum Gasteiger partial charge on any atom is -0.337 e. The molecule has 4 aromatic carbocycles. The molecule has 4 nitrogen and oxygen atoms in total. The summed E-state index contributed by atoms with van der Waals surface area (Å²) in [5.74, 6) is 0.536. The molecule has 1 heterocycles. The number of nitriles is 2. The van der Waals surface area contributed by atoms with Crippen molar-refractivity contribution in [3.05, 3.63) is 75.8 Å². The van der Waals surface area contributed by atoms with Crippen LogP contribution in [0.1, 0.15) is 16.7 Å². The van der Waals surface area contributed by atoms with Crippen LogP contribution in [0.5, 0.6) is 0 Å². The lowest BCUT2D eigenvalue weighted by Gasteiger charge is -2.08. The van der Waals surface area contributed by atoms with Crippen LogP contribution in [0.15, 0.2) is 59.1 Å². The molecule has 30 heavy (non-hydrogen) atoms. The Hall–Kier alpha value is -2.94. The Kier molecular flexibility index (Phi) is 4.69. The SMILES string of the molecule is N#Cc1cccc(C#N)c1-c1nc2c3ccc(Br)cc3c3cc(CI)ccc3c2[nH]1. The first-order valence-electron chi connectivity index (χ1n) is 9.17. The van der Waals surface area contributed by atoms with Gasteiger partial charge < -0.3 is 4.98 Å². The van der Waals surface area contributed by atoms with Crippen LogP contribution in [0.25, 0.3) is 44.0 Å². The molecule has 0 amide bonds. The molecule has 0 saturated carbocycles. The zero-order valence-electron chi connectivity index (χ0n) is 15.5. The number of alkyl halides is 1. The zero-order chi connectivity index (χ0) is 20.8. The molecule has 0 spiro atoms. The summed E-state index contributed by atoms with van der Waals surface area (Å²) in [6, 6.07) is 22.2. The largest absolute Gasteiger partial charge is 0.337 e. The first kappa shape index (κ1) is 19.0. The van der Waals surface area contributed by atoms with Crippen molar-refractivity contribution < 1.29 is 0 Å². The number of nitrogens with zero attached hydrogens (tertiary/aromatic N) is 3. The second-order valence-corrected chi connectivity index (χ2v) is 8.64. The molecule has 0 fully saturated rings. The molecule has 0 radical (unpaired) electrons. The molecule has 1 N–H and O–H groups in total. The minimum absolute atomic E-state index is 0.427. The van der Waals surface area contributed by atoms with Crippen molar-refractivity contribution >= 4 is 71.1 Å². The summed E-state index contributed by atoms with van der Waals surface area (Å²) in [7, 11) is 0. The highest BCUT2D eigenvalue weighted by Crippen LogP contribution is 2.38. The van der Waals surface area contributed by atoms with Crippen LogP contribution in [0, 0.1) is 22.7 Å². The third-order valence-corrected chi connectivity index (χ3v) is 6.65. The van der Waals surface area contributed by atoms with E-state index in [2.05, 4.69) is 86.0 Å². The Labute approximate surface area is 194 Å². The number of rotatable bonds is 2. The molecule has 5 rings (SSSR count). The van der Waals surface area contributed by atoms with Crippen LogP contribution < -0.4 is 0 Å². The maximum absolute atomic E-state index is 9.60. The number of hydrogen-bond donors (Lipinski definition) is 1. The quantitative estimate of drug-likeness (QED) is 0.143. The van der Waals surface area contributed by atoms with Gasteiger partial charge in [-0.15, -0.1) is 0 Å². The lowest BCUT2D eigenvalue weighted by Crippen LogP contribution is -1.91. The van der Waals surface area contributed by atoms with Gasteiger partial charge in [-0.2, -0.15) is 10.5 Å². The summed E-state index contributed by atoms with van der Waals surface area (Å²) in [6.45, 7) is 0. The number of imidazole rings is 1. The van der Waals surface area contributed by atoms with E-state index >= 15 is 0 Å². The molecule has 142 valence electrons. The van der Waals surface area contributed by atoms with Gasteiger partial charge in [-0.1, -0.05) is 62.8 Å². The van der Waals surface area contributed by atoms with E-state index in [-0.39, 0.29) is 0 Å². The van der Waals surface area contributed by atoms with Gasteiger partial charge in [-0.3, -0.25) is 0 Å². The van der Waals surface area contributed by atoms with Gasteiger partial charge in [-0.25, -0.2) is 4.98 Å². The number of benzene rings is 4. The molecule has 0 aliphatic carbocycles. The second kappa shape index (κ2) is 7.39. The summed E-state index contributed by atoms with van der Waals surface area (Å²) in [6.07, 6.45) is 0. The highest BCUT2D eigenvalue weighted by Gasteiger charge is 2.18. The first-order valence-corrected chi connectivity index (χ1v) is 11.5. The Bertz CT molecular complexity index is 1540. The Morgan fingerprint density at radius 3 is 2.30 bits per heavy atom. The van der Waals surface area contributed by atoms with Gasteiger partial charge in [0.25, 0.3) is 0 Å². The Balaban J connectivity index is 1.96. The van der Waals surface area contributed by atoms with E-state index in [0.29, 0.717) is 22.5 Å². The lowest BCUT2D eigenvalue weighted by molar-refractivity contribution is 1.31. The first-order chi connectivity index (χ1) is 14.6. The van der Waals surface area contributed by atoms with Gasteiger partial charge in [-0.05, 0) is 46.7 Å². The topological polar surface area (TPSA) is 76.3 Å². The highest BCUT2D eigenvalue weighted by molar-refractivity contribution is 14.1. The monoisotopic (exact) mass is 562 g/mol. The molecular formula is C24H12BrIN4. The molecule has 0 aliphatic heterocycles. The zero-order valence-corrected chi connectivity index (χ0v) is 19.2. The van der Waals surface area contributed by atoms with Crippen LogP contribution in [-0.2, 0) is 4.43 Å². The number of H-pyrrole nitrogens is 1. The molecule has 0 unspecified atom stereocenters. The van der Waals surface area contributed by atoms with Crippen LogP contribution in [0.2, 0.25) is 0 Å². The third kappa shape index (κ3) is 2.87. The van der Waals surface area contributed by atoms with Gasteiger partial charge in [0.1, 0.15) is 5.82 Å². The average molecular weight is 563 g/mol. The molecule has 0 saturated heterocycles. The summed E-state index contributed by atoms with van der Waals surface area (Å²) in [5.41, 5.74) is 4.39. The predicted molar refractivity (Wildman–Crippen MR) is 131 cm³/mol. The van der Waals surface area contributed by atoms with Gasteiger partial charge in [0, 0.05) is 19.7 Å². The van der Waals surface area contributed by atoms with Crippen molar-refractivity contribution in [3.8, 4) is 23.5 Å². The lowest BCUT2D eigenvalue weighted by atomic mass is 9.98. The number of aromatic nitrogens is 2. The highest BCUT2D eigenvalue weighted by atomic mass is 127. The summed E-state index contributed by atoms with van der Waals surface area (Å²) in [5, 5.41) is 23.6. The molecule has 1 aromatic heterocycles. The van der Waals surface area contributed by atoms with Crippen molar-refractivity contribution in [2.75, 3.05) is 0 Å². The van der Waals surface area contributed by atoms with Gasteiger partial charge in [0.2, 0.25) is 0 Å². The van der Waals surface area contributed by atoms with Crippen LogP contribution in [-0.4, -0.2) is 9.97 Å². The van der Waals surface area contributed by atoms with Crippen LogP contribution >= 0.6 is 38.5 Å². The normalized spacial score (nSPS) is 11.1. The standard InChI is InChI=1S/C24H12BrIN4/c25-16-5-7-18-20(9-16)19-8-13(10-26)4-6-17(19)22-23(18)30-24(29-22)21-14(11-27)2-1-3-15(21)12-28/h1-9H,10H2,(H,29,30). The fourth-order valence-corrected chi connectivity index (χ4v) is 4.77. The van der Waals surface area contributed by atoms with E-state index in [1.54, 1.807) is 18.2 Å². The summed E-state index contributed by atoms with van der Waals surface area (Å²) < 4.78 is 1.93. The molecular weight excluding hydrogens is 551 g/mol. The van der Waals surface area contributed by atoms with Crippen molar-refractivity contribution in [1.82, 2.24) is 9.97 Å². The van der Waals surface area contributed by atoms with Crippen molar-refractivity contribution in [2.24, 2.45) is 0 Å². The fraction of sp³-hybridized carbons (Fsp3) is 0.0417. The minimum atomic E-state index is 0.427. The number of nitrogens with one attached hydrogen (secondary N) is 1. The summed E-state index contributed by atoms with van der Waals surface area (Å²) >= 11 is 5.97. The van der Waals surface area contributed by atoms with Gasteiger partial charge in [0.15, 0.2) is 0 Å². The van der Waals surface area contributed by atoms with Crippen molar-refractivity contribution in [2.45, 2.75) is 4.43 Å². The van der Waals surface area contributed by atoms with Gasteiger partial charge in [0.05, 0.1) is 39.9 Å². The van der Waals surface area contributed by atoms with Crippen LogP contribution in [0.3, 0.4) is 0 Å². The van der Waals surface area contributed by atoms with E-state index in [4.69, 9.17) is 4.98 Å². The fourth-order valence-electron chi connectivity index (χ4n) is 3.94. The number of aromatic amines is 1. The molecule has 6 heteroatoms. The third-order valence-electron chi connectivity index (χ3n) is 5.28. The number of halogens is 2. The average Bonchev–Trinajstić information content (AvgIpc) is 3.23. The van der Waals surface area contributed by atoms with E-state index in [9.17, 15) is 10.5 Å². The maximum atomic E-state index is 9.60. The predicted octanol–water partition coefficient (Wildman–Crippen LogP) is 6.98. The maximum Gasteiger partial charge on any atom is 0.141 e. The van der Waals surface area contributed by atoms with Gasteiger partial charge >= 0.3 is 0 Å². The molecule has 0 aliphatic rings. The molecule has 0 atom stereocenters. The van der Waals surface area contributed by atoms with Crippen LogP contribution in [0.4, 0.5) is 0 Å². The summed E-state index contributed by atoms with van der Waals surface area (Å²) in [4.78, 5) is 8.30. The molecule has 5 aromatic rings. The van der Waals surface area contributed by atoms with Crippen molar-refractivity contribution in [3.63, 3.8) is 0 Å². The van der Waals surface area contributed by atoms with E-state index in [0.717, 1.165) is 41.5 Å². The number of hydrogen-bond acceptors (Lipinski definition) is 3. The second-order valence-electron chi connectivity index (χ2n) is 6.96. The van der Waals surface area contributed by atoms with E-state index < -0.39 is 0 Å². The Morgan fingerprint density at radius 2 is 1.60 bits per heavy atom. The number of fused-ring (bicyclic) bond motifs is 6. The Morgan fingerprint density at radius 1 is 0.900 bits per heavy atom. The molecule has 0 bridgehead atoms. The van der Waals surface area contributed by atoms with E-state index in [1.165, 1.54) is 5.56 Å². The van der Waals surface area contributed by atoms with Crippen molar-refractivity contribution in [1.29, 1.82) is 10.5 Å².